The highest BCUT2D eigenvalue weighted by molar-refractivity contribution is 7.80. The fraction of sp³-hybridized carbons (Fsp3) is 0.524. The van der Waals surface area contributed by atoms with E-state index in [-0.39, 0.29) is 11.7 Å². The molecule has 1 aromatic carbocycles. The lowest BCUT2D eigenvalue weighted by atomic mass is 9.90. The molecule has 2 saturated heterocycles. The minimum absolute atomic E-state index is 0.0585. The van der Waals surface area contributed by atoms with E-state index in [2.05, 4.69) is 17.4 Å². The van der Waals surface area contributed by atoms with Gasteiger partial charge in [0.05, 0.1) is 18.0 Å². The van der Waals surface area contributed by atoms with E-state index in [1.165, 1.54) is 11.1 Å². The highest BCUT2D eigenvalue weighted by Gasteiger charge is 2.44. The minimum atomic E-state index is -0.577. The number of likely N-dealkylation sites (tertiary alicyclic amines) is 1. The van der Waals surface area contributed by atoms with E-state index in [9.17, 15) is 14.4 Å². The monoisotopic (exact) mass is 384 g/mol. The van der Waals surface area contributed by atoms with Gasteiger partial charge in [-0.3, -0.25) is 9.59 Å². The number of carbonyl (C=O) groups is 3. The second kappa shape index (κ2) is 7.60. The van der Waals surface area contributed by atoms with Gasteiger partial charge in [0.15, 0.2) is 5.78 Å². The number of hydrogen-bond acceptors (Lipinski definition) is 5. The van der Waals surface area contributed by atoms with Crippen molar-refractivity contribution in [3.63, 3.8) is 0 Å². The van der Waals surface area contributed by atoms with Gasteiger partial charge in [0.25, 0.3) is 0 Å². The lowest BCUT2D eigenvalue weighted by molar-refractivity contribution is -0.139. The number of nitrogens with zero attached hydrogens (tertiary/aromatic N) is 1. The Morgan fingerprint density at radius 2 is 1.93 bits per heavy atom. The van der Waals surface area contributed by atoms with Gasteiger partial charge in [0, 0.05) is 24.4 Å². The van der Waals surface area contributed by atoms with Gasteiger partial charge in [0.2, 0.25) is 5.91 Å². The molecule has 0 spiro atoms. The molecule has 0 radical (unpaired) electrons. The number of aldehydes is 1. The van der Waals surface area contributed by atoms with Crippen LogP contribution in [-0.2, 0) is 27.2 Å². The van der Waals surface area contributed by atoms with Crippen LogP contribution in [0.2, 0.25) is 0 Å². The van der Waals surface area contributed by atoms with Crippen LogP contribution in [0, 0.1) is 11.8 Å². The standard InChI is InChI=1S/C21H24N2O3S/c24-12-16-20(18(27)11-22-16)21(26)17-6-3-7-23(17)19(25)10-13-8-14-4-1-2-5-15(14)9-13/h1-2,4-5,12-13,16-17,20,22H,3,6-11H2/t16-,17+,20?/m1/s1. The molecule has 2 aliphatic heterocycles. The summed E-state index contributed by atoms with van der Waals surface area (Å²) in [4.78, 5) is 39.7. The van der Waals surface area contributed by atoms with Crippen molar-refractivity contribution in [3.8, 4) is 0 Å². The Hall–Kier alpha value is -1.92. The number of rotatable bonds is 5. The summed E-state index contributed by atoms with van der Waals surface area (Å²) in [6.07, 6.45) is 4.59. The predicted octanol–water partition coefficient (Wildman–Crippen LogP) is 1.51. The Morgan fingerprint density at radius 1 is 1.22 bits per heavy atom. The summed E-state index contributed by atoms with van der Waals surface area (Å²) in [6, 6.07) is 7.37. The van der Waals surface area contributed by atoms with Gasteiger partial charge in [0.1, 0.15) is 6.29 Å². The number of Topliss-reactive ketones (excluding diaryl/α,β-unsaturated/α-hetero) is 1. The quantitative estimate of drug-likeness (QED) is 0.616. The first-order valence-corrected chi connectivity index (χ1v) is 10.1. The fourth-order valence-electron chi connectivity index (χ4n) is 4.84. The van der Waals surface area contributed by atoms with Gasteiger partial charge in [-0.05, 0) is 42.7 Å². The molecule has 2 fully saturated rings. The number of hydrogen-bond donors (Lipinski definition) is 1. The molecule has 2 heterocycles. The SMILES string of the molecule is O=C[C@H]1NCC(=S)C1C(=O)[C@@H]1CCCN1C(=O)CC1Cc2ccccc2C1. The summed E-state index contributed by atoms with van der Waals surface area (Å²) in [5.74, 6) is -0.277. The third kappa shape index (κ3) is 3.48. The Kier molecular flexibility index (Phi) is 5.19. The van der Waals surface area contributed by atoms with E-state index in [0.717, 1.165) is 25.5 Å². The average molecular weight is 385 g/mol. The zero-order valence-corrected chi connectivity index (χ0v) is 16.0. The third-order valence-electron chi connectivity index (χ3n) is 6.17. The third-order valence-corrected chi connectivity index (χ3v) is 6.57. The predicted molar refractivity (Wildman–Crippen MR) is 106 cm³/mol. The van der Waals surface area contributed by atoms with Crippen LogP contribution in [0.15, 0.2) is 24.3 Å². The smallest absolute Gasteiger partial charge is 0.223 e. The van der Waals surface area contributed by atoms with Crippen LogP contribution in [0.25, 0.3) is 0 Å². The van der Waals surface area contributed by atoms with Gasteiger partial charge in [-0.15, -0.1) is 0 Å². The molecular weight excluding hydrogens is 360 g/mol. The van der Waals surface area contributed by atoms with Crippen molar-refractivity contribution in [2.45, 2.75) is 44.2 Å². The molecule has 3 aliphatic rings. The normalized spacial score (nSPS) is 27.8. The van der Waals surface area contributed by atoms with Gasteiger partial charge in [-0.25, -0.2) is 0 Å². The largest absolute Gasteiger partial charge is 0.333 e. The summed E-state index contributed by atoms with van der Waals surface area (Å²) < 4.78 is 0. The molecule has 27 heavy (non-hydrogen) atoms. The lowest BCUT2D eigenvalue weighted by Crippen LogP contribution is -2.47. The number of carbonyl (C=O) groups excluding carboxylic acids is 3. The molecule has 6 heteroatoms. The van der Waals surface area contributed by atoms with Crippen molar-refractivity contribution in [1.82, 2.24) is 10.2 Å². The maximum absolute atomic E-state index is 13.1. The van der Waals surface area contributed by atoms with Crippen LogP contribution in [0.4, 0.5) is 0 Å². The Balaban J connectivity index is 1.42. The molecule has 0 saturated carbocycles. The van der Waals surface area contributed by atoms with Crippen LogP contribution < -0.4 is 5.32 Å². The van der Waals surface area contributed by atoms with E-state index in [1.807, 2.05) is 12.1 Å². The van der Waals surface area contributed by atoms with Crippen molar-refractivity contribution in [1.29, 1.82) is 0 Å². The first-order chi connectivity index (χ1) is 13.1. The van der Waals surface area contributed by atoms with E-state index in [4.69, 9.17) is 12.2 Å². The second-order valence-electron chi connectivity index (χ2n) is 7.88. The van der Waals surface area contributed by atoms with Crippen molar-refractivity contribution in [2.75, 3.05) is 13.1 Å². The zero-order valence-electron chi connectivity index (χ0n) is 15.2. The van der Waals surface area contributed by atoms with Crippen LogP contribution in [0.1, 0.15) is 30.4 Å². The molecule has 1 aliphatic carbocycles. The molecule has 1 aromatic rings. The lowest BCUT2D eigenvalue weighted by Gasteiger charge is -2.27. The van der Waals surface area contributed by atoms with Gasteiger partial charge in [-0.2, -0.15) is 0 Å². The molecule has 1 amide bonds. The highest BCUT2D eigenvalue weighted by atomic mass is 32.1. The number of thiocarbonyl (C=S) groups is 1. The summed E-state index contributed by atoms with van der Waals surface area (Å²) in [6.45, 7) is 1.03. The highest BCUT2D eigenvalue weighted by Crippen LogP contribution is 2.31. The summed E-state index contributed by atoms with van der Waals surface area (Å²) in [7, 11) is 0. The molecule has 3 atom stereocenters. The number of fused-ring (bicyclic) bond motifs is 1. The van der Waals surface area contributed by atoms with E-state index >= 15 is 0 Å². The molecule has 0 bridgehead atoms. The first kappa shape index (κ1) is 18.4. The number of amides is 1. The van der Waals surface area contributed by atoms with Gasteiger partial charge < -0.3 is 15.0 Å². The maximum Gasteiger partial charge on any atom is 0.223 e. The summed E-state index contributed by atoms with van der Waals surface area (Å²) >= 11 is 5.31. The van der Waals surface area contributed by atoms with E-state index in [1.54, 1.807) is 4.90 Å². The Labute approximate surface area is 164 Å². The molecule has 142 valence electrons. The van der Waals surface area contributed by atoms with Crippen LogP contribution in [0.5, 0.6) is 0 Å². The molecular formula is C21H24N2O3S. The first-order valence-electron chi connectivity index (χ1n) is 9.70. The zero-order chi connectivity index (χ0) is 19.0. The summed E-state index contributed by atoms with van der Waals surface area (Å²) in [5, 5.41) is 2.99. The maximum atomic E-state index is 13.1. The molecule has 1 N–H and O–H groups in total. The Morgan fingerprint density at radius 3 is 2.59 bits per heavy atom. The number of ketones is 1. The van der Waals surface area contributed by atoms with Crippen LogP contribution in [-0.4, -0.2) is 52.9 Å². The number of nitrogens with one attached hydrogen (secondary N) is 1. The van der Waals surface area contributed by atoms with Crippen molar-refractivity contribution in [3.05, 3.63) is 35.4 Å². The van der Waals surface area contributed by atoms with Crippen LogP contribution >= 0.6 is 12.2 Å². The number of benzene rings is 1. The second-order valence-corrected chi connectivity index (χ2v) is 8.41. The van der Waals surface area contributed by atoms with E-state index < -0.39 is 18.0 Å². The van der Waals surface area contributed by atoms with Crippen molar-refractivity contribution >= 4 is 35.1 Å². The van der Waals surface area contributed by atoms with Crippen molar-refractivity contribution < 1.29 is 14.4 Å². The molecule has 4 rings (SSSR count). The average Bonchev–Trinajstić information content (AvgIpc) is 3.38. The molecule has 0 aromatic heterocycles. The Bertz CT molecular complexity index is 768. The topological polar surface area (TPSA) is 66.5 Å². The van der Waals surface area contributed by atoms with Gasteiger partial charge >= 0.3 is 0 Å². The van der Waals surface area contributed by atoms with E-state index in [0.29, 0.717) is 36.7 Å². The minimum Gasteiger partial charge on any atom is -0.333 e. The summed E-state index contributed by atoms with van der Waals surface area (Å²) in [5.41, 5.74) is 2.67. The van der Waals surface area contributed by atoms with Crippen molar-refractivity contribution in [2.24, 2.45) is 11.8 Å². The van der Waals surface area contributed by atoms with Crippen LogP contribution in [0.3, 0.4) is 0 Å². The fourth-order valence-corrected chi connectivity index (χ4v) is 5.18. The molecule has 1 unspecified atom stereocenters. The van der Waals surface area contributed by atoms with Gasteiger partial charge in [-0.1, -0.05) is 36.5 Å². The molecule has 5 nitrogen and oxygen atoms in total.